The molecule has 0 aromatic heterocycles. The minimum absolute atomic E-state index is 0.776. The van der Waals surface area contributed by atoms with Crippen LogP contribution in [0, 0.1) is 5.92 Å². The topological polar surface area (TPSA) is 0 Å². The van der Waals surface area contributed by atoms with Gasteiger partial charge in [0.2, 0.25) is 0 Å². The van der Waals surface area contributed by atoms with Gasteiger partial charge in [0.25, 0.3) is 0 Å². The maximum Gasteiger partial charge on any atom is -0.0325 e. The van der Waals surface area contributed by atoms with Crippen molar-refractivity contribution in [2.24, 2.45) is 5.92 Å². The summed E-state index contributed by atoms with van der Waals surface area (Å²) in [5.74, 6) is 0.776. The lowest BCUT2D eigenvalue weighted by Crippen LogP contribution is -1.97. The van der Waals surface area contributed by atoms with Crippen LogP contribution in [0.25, 0.3) is 0 Å². The van der Waals surface area contributed by atoms with E-state index in [1.807, 2.05) is 18.2 Å². The molecule has 0 radical (unpaired) electrons. The van der Waals surface area contributed by atoms with E-state index < -0.39 is 0 Å². The van der Waals surface area contributed by atoms with Gasteiger partial charge in [-0.05, 0) is 38.0 Å². The lowest BCUT2D eigenvalue weighted by atomic mass is 9.94. The first-order chi connectivity index (χ1) is 5.85. The van der Waals surface area contributed by atoms with Crippen molar-refractivity contribution in [1.82, 2.24) is 0 Å². The summed E-state index contributed by atoms with van der Waals surface area (Å²) in [6, 6.07) is 0. The Morgan fingerprint density at radius 2 is 1.33 bits per heavy atom. The van der Waals surface area contributed by atoms with Crippen molar-refractivity contribution < 1.29 is 0 Å². The van der Waals surface area contributed by atoms with Crippen LogP contribution in [0.2, 0.25) is 0 Å². The number of hydrogen-bond donors (Lipinski definition) is 0. The predicted molar refractivity (Wildman–Crippen MR) is 57.2 cm³/mol. The highest BCUT2D eigenvalue weighted by atomic mass is 14.1. The molecule has 0 aliphatic rings. The molecule has 12 heavy (non-hydrogen) atoms. The lowest BCUT2D eigenvalue weighted by molar-refractivity contribution is 0.464. The van der Waals surface area contributed by atoms with Gasteiger partial charge in [0.1, 0.15) is 0 Å². The van der Waals surface area contributed by atoms with E-state index in [1.165, 1.54) is 12.8 Å². The maximum atomic E-state index is 3.76. The molecule has 0 atom stereocenters. The van der Waals surface area contributed by atoms with Crippen LogP contribution in [-0.4, -0.2) is 0 Å². The van der Waals surface area contributed by atoms with Crippen molar-refractivity contribution in [3.63, 3.8) is 0 Å². The van der Waals surface area contributed by atoms with Gasteiger partial charge in [0.15, 0.2) is 0 Å². The van der Waals surface area contributed by atoms with Crippen molar-refractivity contribution in [1.29, 1.82) is 0 Å². The molecule has 0 unspecified atom stereocenters. The van der Waals surface area contributed by atoms with Crippen molar-refractivity contribution in [3.05, 3.63) is 38.0 Å². The second-order valence-corrected chi connectivity index (χ2v) is 3.12. The van der Waals surface area contributed by atoms with Crippen LogP contribution in [0.3, 0.4) is 0 Å². The Bertz CT molecular complexity index is 121. The predicted octanol–water partition coefficient (Wildman–Crippen LogP) is 4.11. The Balaban J connectivity index is 3.59. The summed E-state index contributed by atoms with van der Waals surface area (Å²) in [6.45, 7) is 11.2. The molecular formula is C12H20. The standard InChI is InChI=1S/C12H20/c1-4-7-10-12(9-6-3)11-8-5-2/h4-6,12H,1-3,7-11H2. The van der Waals surface area contributed by atoms with Gasteiger partial charge in [-0.2, -0.15) is 0 Å². The van der Waals surface area contributed by atoms with Gasteiger partial charge in [-0.1, -0.05) is 18.2 Å². The quantitative estimate of drug-likeness (QED) is 0.473. The molecule has 0 amide bonds. The van der Waals surface area contributed by atoms with Gasteiger partial charge in [0, 0.05) is 0 Å². The van der Waals surface area contributed by atoms with Gasteiger partial charge in [-0.15, -0.1) is 19.7 Å². The fourth-order valence-electron chi connectivity index (χ4n) is 1.32. The van der Waals surface area contributed by atoms with Crippen LogP contribution in [-0.2, 0) is 0 Å². The summed E-state index contributed by atoms with van der Waals surface area (Å²) in [6.07, 6.45) is 11.8. The summed E-state index contributed by atoms with van der Waals surface area (Å²) in [5, 5.41) is 0. The van der Waals surface area contributed by atoms with E-state index in [9.17, 15) is 0 Å². The second-order valence-electron chi connectivity index (χ2n) is 3.12. The van der Waals surface area contributed by atoms with Gasteiger partial charge in [0.05, 0.1) is 0 Å². The highest BCUT2D eigenvalue weighted by Crippen LogP contribution is 2.18. The first kappa shape index (κ1) is 11.2. The normalized spacial score (nSPS) is 9.75. The highest BCUT2D eigenvalue weighted by molar-refractivity contribution is 4.78. The molecule has 0 aromatic rings. The summed E-state index contributed by atoms with van der Waals surface area (Å²) in [5.41, 5.74) is 0. The SMILES string of the molecule is C=CCCC(CC=C)CCC=C. The van der Waals surface area contributed by atoms with E-state index in [0.717, 1.165) is 25.2 Å². The molecule has 0 saturated carbocycles. The van der Waals surface area contributed by atoms with E-state index in [0.29, 0.717) is 0 Å². The molecule has 0 N–H and O–H groups in total. The first-order valence-corrected chi connectivity index (χ1v) is 4.67. The summed E-state index contributed by atoms with van der Waals surface area (Å²) in [7, 11) is 0. The zero-order chi connectivity index (χ0) is 9.23. The molecule has 0 bridgehead atoms. The molecule has 0 nitrogen and oxygen atoms in total. The molecule has 0 rings (SSSR count). The van der Waals surface area contributed by atoms with Gasteiger partial charge >= 0.3 is 0 Å². The molecule has 0 aromatic carbocycles. The number of allylic oxidation sites excluding steroid dienone is 3. The second kappa shape index (κ2) is 8.32. The smallest absolute Gasteiger partial charge is 0.0325 e. The fourth-order valence-corrected chi connectivity index (χ4v) is 1.32. The van der Waals surface area contributed by atoms with Crippen molar-refractivity contribution in [3.8, 4) is 0 Å². The molecule has 0 spiro atoms. The average Bonchev–Trinajstić information content (AvgIpc) is 2.10. The molecule has 0 saturated heterocycles. The van der Waals surface area contributed by atoms with Crippen LogP contribution in [0.5, 0.6) is 0 Å². The van der Waals surface area contributed by atoms with Crippen LogP contribution in [0.15, 0.2) is 38.0 Å². The third-order valence-electron chi connectivity index (χ3n) is 2.06. The largest absolute Gasteiger partial charge is 0.103 e. The third-order valence-corrected chi connectivity index (χ3v) is 2.06. The van der Waals surface area contributed by atoms with Crippen LogP contribution < -0.4 is 0 Å². The van der Waals surface area contributed by atoms with E-state index in [2.05, 4.69) is 19.7 Å². The molecule has 0 fully saturated rings. The Morgan fingerprint density at radius 3 is 1.67 bits per heavy atom. The summed E-state index contributed by atoms with van der Waals surface area (Å²) < 4.78 is 0. The zero-order valence-electron chi connectivity index (χ0n) is 7.97. The molecule has 0 heteroatoms. The Morgan fingerprint density at radius 1 is 0.833 bits per heavy atom. The van der Waals surface area contributed by atoms with E-state index in [1.54, 1.807) is 0 Å². The molecule has 0 aliphatic heterocycles. The minimum atomic E-state index is 0.776. The first-order valence-electron chi connectivity index (χ1n) is 4.67. The Labute approximate surface area is 76.7 Å². The van der Waals surface area contributed by atoms with Crippen LogP contribution >= 0.6 is 0 Å². The monoisotopic (exact) mass is 164 g/mol. The lowest BCUT2D eigenvalue weighted by Gasteiger charge is -2.11. The van der Waals surface area contributed by atoms with Gasteiger partial charge < -0.3 is 0 Å². The van der Waals surface area contributed by atoms with Crippen molar-refractivity contribution in [2.45, 2.75) is 32.1 Å². The van der Waals surface area contributed by atoms with E-state index in [4.69, 9.17) is 0 Å². The van der Waals surface area contributed by atoms with Crippen LogP contribution in [0.1, 0.15) is 32.1 Å². The molecule has 0 heterocycles. The minimum Gasteiger partial charge on any atom is -0.103 e. The summed E-state index contributed by atoms with van der Waals surface area (Å²) >= 11 is 0. The van der Waals surface area contributed by atoms with E-state index >= 15 is 0 Å². The third kappa shape index (κ3) is 5.96. The Hall–Kier alpha value is -0.780. The van der Waals surface area contributed by atoms with Crippen molar-refractivity contribution >= 4 is 0 Å². The van der Waals surface area contributed by atoms with Gasteiger partial charge in [-0.25, -0.2) is 0 Å². The Kier molecular flexibility index (Phi) is 7.78. The number of hydrogen-bond acceptors (Lipinski definition) is 0. The van der Waals surface area contributed by atoms with Crippen molar-refractivity contribution in [2.75, 3.05) is 0 Å². The number of rotatable bonds is 8. The maximum absolute atomic E-state index is 3.76. The van der Waals surface area contributed by atoms with Gasteiger partial charge in [-0.3, -0.25) is 0 Å². The molecule has 68 valence electrons. The molecular weight excluding hydrogens is 144 g/mol. The van der Waals surface area contributed by atoms with E-state index in [-0.39, 0.29) is 0 Å². The zero-order valence-corrected chi connectivity index (χ0v) is 7.97. The summed E-state index contributed by atoms with van der Waals surface area (Å²) in [4.78, 5) is 0. The average molecular weight is 164 g/mol. The fraction of sp³-hybridized carbons (Fsp3) is 0.500. The van der Waals surface area contributed by atoms with Crippen LogP contribution in [0.4, 0.5) is 0 Å². The molecule has 0 aliphatic carbocycles. The highest BCUT2D eigenvalue weighted by Gasteiger charge is 2.03.